The fourth-order valence-corrected chi connectivity index (χ4v) is 5.43. The number of para-hydroxylation sites is 1. The number of nitrogens with one attached hydrogen (secondary N) is 1. The molecule has 2 amide bonds. The van der Waals surface area contributed by atoms with E-state index in [2.05, 4.69) is 21.2 Å². The number of benzene rings is 3. The van der Waals surface area contributed by atoms with Crippen LogP contribution in [0.5, 0.6) is 0 Å². The van der Waals surface area contributed by atoms with E-state index in [0.29, 0.717) is 6.42 Å². The highest BCUT2D eigenvalue weighted by Crippen LogP contribution is 2.27. The van der Waals surface area contributed by atoms with Gasteiger partial charge < -0.3 is 10.2 Å². The molecular formula is C28H31BrFN3O4S. The summed E-state index contributed by atoms with van der Waals surface area (Å²) in [7, 11) is -4.31. The summed E-state index contributed by atoms with van der Waals surface area (Å²) in [6.45, 7) is 4.74. The largest absolute Gasteiger partial charge is 0.352 e. The van der Waals surface area contributed by atoms with Crippen LogP contribution in [0.1, 0.15) is 32.8 Å². The number of carbonyl (C=O) groups excluding carboxylic acids is 2. The van der Waals surface area contributed by atoms with Crippen molar-refractivity contribution in [3.63, 3.8) is 0 Å². The van der Waals surface area contributed by atoms with E-state index in [9.17, 15) is 22.4 Å². The zero-order valence-corrected chi connectivity index (χ0v) is 23.9. The van der Waals surface area contributed by atoms with Crippen molar-refractivity contribution in [2.45, 2.75) is 50.7 Å². The van der Waals surface area contributed by atoms with E-state index < -0.39 is 34.3 Å². The van der Waals surface area contributed by atoms with Crippen LogP contribution in [0.4, 0.5) is 10.1 Å². The quantitative estimate of drug-likeness (QED) is 0.330. The summed E-state index contributed by atoms with van der Waals surface area (Å²) >= 11 is 3.38. The highest BCUT2D eigenvalue weighted by Gasteiger charge is 2.33. The maximum absolute atomic E-state index is 14.9. The average molecular weight is 605 g/mol. The molecule has 0 heterocycles. The van der Waals surface area contributed by atoms with Crippen LogP contribution >= 0.6 is 15.9 Å². The van der Waals surface area contributed by atoms with Crippen LogP contribution in [0.3, 0.4) is 0 Å². The molecule has 202 valence electrons. The molecule has 0 spiro atoms. The van der Waals surface area contributed by atoms with Gasteiger partial charge >= 0.3 is 0 Å². The summed E-state index contributed by atoms with van der Waals surface area (Å²) in [5.41, 5.74) is 0.484. The molecule has 0 aliphatic heterocycles. The molecule has 0 bridgehead atoms. The third-order valence-corrected chi connectivity index (χ3v) is 8.47. The summed E-state index contributed by atoms with van der Waals surface area (Å²) in [6, 6.07) is 19.1. The Bertz CT molecular complexity index is 1350. The van der Waals surface area contributed by atoms with Crippen LogP contribution in [0, 0.1) is 5.82 Å². The third kappa shape index (κ3) is 7.20. The predicted octanol–water partition coefficient (Wildman–Crippen LogP) is 5.12. The van der Waals surface area contributed by atoms with Gasteiger partial charge in [-0.1, -0.05) is 65.3 Å². The Kier molecular flexibility index (Phi) is 10.0. The van der Waals surface area contributed by atoms with E-state index in [1.807, 2.05) is 26.0 Å². The van der Waals surface area contributed by atoms with Crippen molar-refractivity contribution >= 4 is 43.5 Å². The van der Waals surface area contributed by atoms with Gasteiger partial charge in [-0.25, -0.2) is 12.8 Å². The molecule has 0 saturated heterocycles. The standard InChI is InChI=1S/C28H31BrFN3O4S/c1-4-20(2)31-28(35)21(3)32(18-22-14-16-23(29)17-15-22)27(34)19-33(26-13-9-8-12-25(26)30)38(36,37)24-10-6-5-7-11-24/h5-17,20-21H,4,18-19H2,1-3H3,(H,31,35)/t20-,21-/m0/s1. The zero-order valence-electron chi connectivity index (χ0n) is 21.5. The van der Waals surface area contributed by atoms with Crippen LogP contribution in [0.2, 0.25) is 0 Å². The number of amides is 2. The fourth-order valence-electron chi connectivity index (χ4n) is 3.72. The number of hydrogen-bond acceptors (Lipinski definition) is 4. The molecule has 7 nitrogen and oxygen atoms in total. The van der Waals surface area contributed by atoms with Crippen LogP contribution in [0.25, 0.3) is 0 Å². The van der Waals surface area contributed by atoms with E-state index in [4.69, 9.17) is 0 Å². The zero-order chi connectivity index (χ0) is 27.9. The Morgan fingerprint density at radius 2 is 1.55 bits per heavy atom. The number of halogens is 2. The van der Waals surface area contributed by atoms with Gasteiger partial charge in [-0.15, -0.1) is 0 Å². The first-order valence-electron chi connectivity index (χ1n) is 12.2. The Balaban J connectivity index is 2.02. The number of hydrogen-bond donors (Lipinski definition) is 1. The van der Waals surface area contributed by atoms with Gasteiger partial charge in [-0.3, -0.25) is 13.9 Å². The van der Waals surface area contributed by atoms with Crippen LogP contribution in [-0.2, 0) is 26.2 Å². The first-order chi connectivity index (χ1) is 18.0. The maximum atomic E-state index is 14.9. The van der Waals surface area contributed by atoms with E-state index >= 15 is 0 Å². The molecule has 0 saturated carbocycles. The average Bonchev–Trinajstić information content (AvgIpc) is 2.91. The van der Waals surface area contributed by atoms with E-state index in [1.165, 1.54) is 35.2 Å². The minimum absolute atomic E-state index is 0.0533. The van der Waals surface area contributed by atoms with Gasteiger partial charge in [0.25, 0.3) is 10.0 Å². The topological polar surface area (TPSA) is 86.8 Å². The summed E-state index contributed by atoms with van der Waals surface area (Å²) in [6.07, 6.45) is 0.704. The lowest BCUT2D eigenvalue weighted by Gasteiger charge is -2.32. The van der Waals surface area contributed by atoms with Crippen LogP contribution < -0.4 is 9.62 Å². The van der Waals surface area contributed by atoms with Crippen molar-refractivity contribution < 1.29 is 22.4 Å². The van der Waals surface area contributed by atoms with Gasteiger partial charge in [-0.05, 0) is 62.2 Å². The highest BCUT2D eigenvalue weighted by atomic mass is 79.9. The van der Waals surface area contributed by atoms with Gasteiger partial charge in [0.1, 0.15) is 18.4 Å². The summed E-state index contributed by atoms with van der Waals surface area (Å²) in [5, 5.41) is 2.88. The summed E-state index contributed by atoms with van der Waals surface area (Å²) in [5.74, 6) is -1.81. The molecule has 2 atom stereocenters. The highest BCUT2D eigenvalue weighted by molar-refractivity contribution is 9.10. The summed E-state index contributed by atoms with van der Waals surface area (Å²) in [4.78, 5) is 28.1. The minimum Gasteiger partial charge on any atom is -0.352 e. The predicted molar refractivity (Wildman–Crippen MR) is 149 cm³/mol. The molecular weight excluding hydrogens is 573 g/mol. The van der Waals surface area contributed by atoms with Gasteiger partial charge in [0.2, 0.25) is 11.8 Å². The maximum Gasteiger partial charge on any atom is 0.264 e. The van der Waals surface area contributed by atoms with Gasteiger partial charge in [0, 0.05) is 17.1 Å². The van der Waals surface area contributed by atoms with Gasteiger partial charge in [-0.2, -0.15) is 0 Å². The second kappa shape index (κ2) is 13.0. The second-order valence-corrected chi connectivity index (χ2v) is 11.7. The van der Waals surface area contributed by atoms with Gasteiger partial charge in [0.15, 0.2) is 0 Å². The Morgan fingerprint density at radius 3 is 2.16 bits per heavy atom. The molecule has 1 N–H and O–H groups in total. The number of nitrogens with zero attached hydrogens (tertiary/aromatic N) is 2. The number of rotatable bonds is 11. The third-order valence-electron chi connectivity index (χ3n) is 6.17. The Hall–Kier alpha value is -3.24. The Morgan fingerprint density at radius 1 is 0.947 bits per heavy atom. The van der Waals surface area contributed by atoms with Crippen molar-refractivity contribution in [1.29, 1.82) is 0 Å². The monoisotopic (exact) mass is 603 g/mol. The molecule has 3 rings (SSSR count). The number of sulfonamides is 1. The first-order valence-corrected chi connectivity index (χ1v) is 14.4. The van der Waals surface area contributed by atoms with Crippen molar-refractivity contribution in [3.8, 4) is 0 Å². The molecule has 0 unspecified atom stereocenters. The van der Waals surface area contributed by atoms with Crippen molar-refractivity contribution in [3.05, 3.63) is 94.7 Å². The lowest BCUT2D eigenvalue weighted by Crippen LogP contribution is -2.52. The van der Waals surface area contributed by atoms with Crippen LogP contribution in [-0.4, -0.2) is 43.8 Å². The molecule has 3 aromatic rings. The van der Waals surface area contributed by atoms with Gasteiger partial charge in [0.05, 0.1) is 10.6 Å². The first kappa shape index (κ1) is 29.3. The number of anilines is 1. The molecule has 0 aliphatic rings. The smallest absolute Gasteiger partial charge is 0.264 e. The van der Waals surface area contributed by atoms with Crippen molar-refractivity contribution in [1.82, 2.24) is 10.2 Å². The molecule has 0 aromatic heterocycles. The second-order valence-electron chi connectivity index (χ2n) is 8.92. The van der Waals surface area contributed by atoms with E-state index in [-0.39, 0.29) is 29.1 Å². The molecule has 0 aliphatic carbocycles. The molecule has 0 radical (unpaired) electrons. The minimum atomic E-state index is -4.31. The molecule has 10 heteroatoms. The van der Waals surface area contributed by atoms with Crippen molar-refractivity contribution in [2.24, 2.45) is 0 Å². The summed E-state index contributed by atoms with van der Waals surface area (Å²) < 4.78 is 43.8. The number of carbonyl (C=O) groups is 2. The lowest BCUT2D eigenvalue weighted by molar-refractivity contribution is -0.139. The fraction of sp³-hybridized carbons (Fsp3) is 0.286. The molecule has 3 aromatic carbocycles. The normalized spacial score (nSPS) is 12.9. The van der Waals surface area contributed by atoms with Crippen molar-refractivity contribution in [2.75, 3.05) is 10.8 Å². The molecule has 0 fully saturated rings. The molecule has 38 heavy (non-hydrogen) atoms. The van der Waals surface area contributed by atoms with E-state index in [1.54, 1.807) is 37.3 Å². The van der Waals surface area contributed by atoms with Crippen LogP contribution in [0.15, 0.2) is 88.2 Å². The lowest BCUT2D eigenvalue weighted by atomic mass is 10.1. The van der Waals surface area contributed by atoms with E-state index in [0.717, 1.165) is 20.4 Å². The SMILES string of the molecule is CC[C@H](C)NC(=O)[C@H](C)N(Cc1ccc(Br)cc1)C(=O)CN(c1ccccc1F)S(=O)(=O)c1ccccc1. The Labute approximate surface area is 231 Å².